The average Bonchev–Trinajstić information content (AvgIpc) is 3.07. The Bertz CT molecular complexity index is 1150. The largest absolute Gasteiger partial charge is 0.253 e. The number of aromatic nitrogens is 4. The molecule has 0 aliphatic heterocycles. The number of hydrogen-bond acceptors (Lipinski definition) is 4. The van der Waals surface area contributed by atoms with Gasteiger partial charge in [0.1, 0.15) is 5.82 Å². The highest BCUT2D eigenvalue weighted by Crippen LogP contribution is 2.24. The van der Waals surface area contributed by atoms with Gasteiger partial charge in [0, 0.05) is 23.6 Å². The van der Waals surface area contributed by atoms with Crippen LogP contribution in [-0.2, 0) is 12.2 Å². The van der Waals surface area contributed by atoms with Gasteiger partial charge in [-0.15, -0.1) is 5.10 Å². The normalized spacial score (nSPS) is 11.3. The van der Waals surface area contributed by atoms with Crippen LogP contribution in [0.25, 0.3) is 5.78 Å². The summed E-state index contributed by atoms with van der Waals surface area (Å²) < 4.78 is 15.6. The topological polar surface area (TPSA) is 43.1 Å². The Hall–Kier alpha value is -2.73. The zero-order chi connectivity index (χ0) is 19.7. The number of rotatable bonds is 5. The van der Waals surface area contributed by atoms with E-state index in [1.165, 1.54) is 29.0 Å². The third kappa shape index (κ3) is 3.78. The minimum Gasteiger partial charge on any atom is -0.216 e. The van der Waals surface area contributed by atoms with Gasteiger partial charge < -0.3 is 0 Å². The fourth-order valence-electron chi connectivity index (χ4n) is 3.29. The van der Waals surface area contributed by atoms with E-state index >= 15 is 0 Å². The molecule has 142 valence electrons. The molecule has 4 rings (SSSR count). The molecule has 0 radical (unpaired) electrons. The van der Waals surface area contributed by atoms with E-state index in [1.807, 2.05) is 19.9 Å². The van der Waals surface area contributed by atoms with Crippen LogP contribution in [0.4, 0.5) is 4.39 Å². The van der Waals surface area contributed by atoms with Crippen molar-refractivity contribution in [2.45, 2.75) is 38.1 Å². The molecule has 0 aliphatic carbocycles. The third-order valence-electron chi connectivity index (χ3n) is 4.81. The summed E-state index contributed by atoms with van der Waals surface area (Å²) in [5.41, 5.74) is 6.30. The van der Waals surface area contributed by atoms with Crippen molar-refractivity contribution < 1.29 is 4.39 Å². The van der Waals surface area contributed by atoms with E-state index in [-0.39, 0.29) is 5.82 Å². The fourth-order valence-corrected chi connectivity index (χ4v) is 4.10. The minimum atomic E-state index is -0.204. The van der Waals surface area contributed by atoms with Gasteiger partial charge in [-0.3, -0.25) is 0 Å². The van der Waals surface area contributed by atoms with E-state index in [9.17, 15) is 4.39 Å². The van der Waals surface area contributed by atoms with Crippen molar-refractivity contribution in [3.63, 3.8) is 0 Å². The maximum atomic E-state index is 13.8. The Balaban J connectivity index is 1.62. The van der Waals surface area contributed by atoms with Gasteiger partial charge in [0.05, 0.1) is 0 Å². The summed E-state index contributed by atoms with van der Waals surface area (Å²) in [6.07, 6.45) is 0.805. The zero-order valence-corrected chi connectivity index (χ0v) is 16.9. The highest BCUT2D eigenvalue weighted by molar-refractivity contribution is 7.98. The molecule has 2 aromatic heterocycles. The molecule has 0 spiro atoms. The van der Waals surface area contributed by atoms with Crippen molar-refractivity contribution in [3.05, 3.63) is 88.0 Å². The molecule has 28 heavy (non-hydrogen) atoms. The maximum Gasteiger partial charge on any atom is 0.253 e. The molecular weight excluding hydrogens is 371 g/mol. The monoisotopic (exact) mass is 392 g/mol. The second-order valence-electron chi connectivity index (χ2n) is 6.91. The lowest BCUT2D eigenvalue weighted by Crippen LogP contribution is -2.06. The summed E-state index contributed by atoms with van der Waals surface area (Å²) in [4.78, 5) is 9.17. The first-order valence-electron chi connectivity index (χ1n) is 9.16. The van der Waals surface area contributed by atoms with Crippen molar-refractivity contribution in [2.24, 2.45) is 0 Å². The van der Waals surface area contributed by atoms with Gasteiger partial charge in [0.15, 0.2) is 0 Å². The van der Waals surface area contributed by atoms with Gasteiger partial charge in [-0.05, 0) is 43.5 Å². The lowest BCUT2D eigenvalue weighted by molar-refractivity contribution is 0.617. The Morgan fingerprint density at radius 2 is 1.82 bits per heavy atom. The van der Waals surface area contributed by atoms with Crippen LogP contribution in [0.15, 0.2) is 53.7 Å². The van der Waals surface area contributed by atoms with E-state index in [2.05, 4.69) is 46.3 Å². The molecule has 0 fully saturated rings. The molecule has 0 amide bonds. The van der Waals surface area contributed by atoms with Gasteiger partial charge >= 0.3 is 0 Å². The summed E-state index contributed by atoms with van der Waals surface area (Å²) in [5.74, 6) is 0.862. The molecule has 0 saturated heterocycles. The van der Waals surface area contributed by atoms with Crippen molar-refractivity contribution in [1.82, 2.24) is 19.6 Å². The predicted molar refractivity (Wildman–Crippen MR) is 110 cm³/mol. The Morgan fingerprint density at radius 3 is 2.61 bits per heavy atom. The SMILES string of the molecule is Cc1cccc(Cc2c(C)nc3nc(SCc4ccccc4F)nn3c2C)c1. The van der Waals surface area contributed by atoms with Crippen molar-refractivity contribution in [3.8, 4) is 0 Å². The number of fused-ring (bicyclic) bond motifs is 1. The van der Waals surface area contributed by atoms with Gasteiger partial charge in [-0.25, -0.2) is 13.9 Å². The number of benzene rings is 2. The molecular formula is C22H21FN4S. The predicted octanol–water partition coefficient (Wildman–Crippen LogP) is 5.07. The van der Waals surface area contributed by atoms with E-state index in [4.69, 9.17) is 0 Å². The molecule has 4 aromatic rings. The molecule has 0 N–H and O–H groups in total. The number of halogens is 1. The fraction of sp³-hybridized carbons (Fsp3) is 0.227. The van der Waals surface area contributed by atoms with Crippen LogP contribution in [-0.4, -0.2) is 19.6 Å². The number of aryl methyl sites for hydroxylation is 3. The van der Waals surface area contributed by atoms with Crippen LogP contribution < -0.4 is 0 Å². The summed E-state index contributed by atoms with van der Waals surface area (Å²) >= 11 is 1.42. The molecule has 0 bridgehead atoms. The second-order valence-corrected chi connectivity index (χ2v) is 7.86. The van der Waals surface area contributed by atoms with E-state index in [0.717, 1.165) is 23.4 Å². The summed E-state index contributed by atoms with van der Waals surface area (Å²) in [5, 5.41) is 5.20. The first-order chi connectivity index (χ1) is 13.5. The van der Waals surface area contributed by atoms with Crippen LogP contribution in [0.2, 0.25) is 0 Å². The van der Waals surface area contributed by atoms with Crippen molar-refractivity contribution >= 4 is 17.5 Å². The van der Waals surface area contributed by atoms with Crippen molar-refractivity contribution in [2.75, 3.05) is 0 Å². The highest BCUT2D eigenvalue weighted by Gasteiger charge is 2.15. The van der Waals surface area contributed by atoms with Crippen molar-refractivity contribution in [1.29, 1.82) is 0 Å². The van der Waals surface area contributed by atoms with Crippen LogP contribution in [0.5, 0.6) is 0 Å². The molecule has 4 nitrogen and oxygen atoms in total. The average molecular weight is 393 g/mol. The van der Waals surface area contributed by atoms with Crippen LogP contribution in [0.3, 0.4) is 0 Å². The summed E-state index contributed by atoms with van der Waals surface area (Å²) in [6, 6.07) is 15.3. The lowest BCUT2D eigenvalue weighted by atomic mass is 10.0. The number of nitrogens with zero attached hydrogens (tertiary/aromatic N) is 4. The Morgan fingerprint density at radius 1 is 1.00 bits per heavy atom. The van der Waals surface area contributed by atoms with E-state index < -0.39 is 0 Å². The van der Waals surface area contributed by atoms with E-state index in [0.29, 0.717) is 22.3 Å². The Labute approximate surface area is 167 Å². The molecule has 6 heteroatoms. The molecule has 2 heterocycles. The first kappa shape index (κ1) is 18.6. The standard InChI is InChI=1S/C22H21FN4S/c1-14-7-6-8-17(11-14)12-19-15(2)24-21-25-22(26-27(21)16(19)3)28-13-18-9-4-5-10-20(18)23/h4-11H,12-13H2,1-3H3. The summed E-state index contributed by atoms with van der Waals surface area (Å²) in [6.45, 7) is 6.16. The van der Waals surface area contributed by atoms with Crippen LogP contribution in [0.1, 0.15) is 33.6 Å². The molecule has 0 saturated carbocycles. The maximum absolute atomic E-state index is 13.8. The van der Waals surface area contributed by atoms with Crippen LogP contribution in [0, 0.1) is 26.6 Å². The number of hydrogen-bond donors (Lipinski definition) is 0. The smallest absolute Gasteiger partial charge is 0.216 e. The highest BCUT2D eigenvalue weighted by atomic mass is 32.2. The van der Waals surface area contributed by atoms with Crippen LogP contribution >= 0.6 is 11.8 Å². The van der Waals surface area contributed by atoms with Gasteiger partial charge in [0.2, 0.25) is 5.16 Å². The lowest BCUT2D eigenvalue weighted by Gasteiger charge is -2.10. The molecule has 0 atom stereocenters. The minimum absolute atomic E-state index is 0.204. The Kier molecular flexibility index (Phi) is 5.13. The quantitative estimate of drug-likeness (QED) is 0.445. The second kappa shape index (κ2) is 7.72. The molecule has 2 aromatic carbocycles. The van der Waals surface area contributed by atoms with Gasteiger partial charge in [0.25, 0.3) is 5.78 Å². The third-order valence-corrected chi connectivity index (χ3v) is 5.69. The van der Waals surface area contributed by atoms with E-state index in [1.54, 1.807) is 16.6 Å². The molecule has 0 aliphatic rings. The molecule has 0 unspecified atom stereocenters. The number of thioether (sulfide) groups is 1. The van der Waals surface area contributed by atoms with Gasteiger partial charge in [-0.1, -0.05) is 59.8 Å². The zero-order valence-electron chi connectivity index (χ0n) is 16.1. The summed E-state index contributed by atoms with van der Waals surface area (Å²) in [7, 11) is 0. The van der Waals surface area contributed by atoms with Gasteiger partial charge in [-0.2, -0.15) is 4.98 Å². The first-order valence-corrected chi connectivity index (χ1v) is 10.1.